The van der Waals surface area contributed by atoms with Gasteiger partial charge in [-0.2, -0.15) is 4.99 Å². The predicted molar refractivity (Wildman–Crippen MR) is 122 cm³/mol. The Kier molecular flexibility index (Phi) is 4.73. The number of hydrogen-bond donors (Lipinski definition) is 1. The first-order valence-corrected chi connectivity index (χ1v) is 12.6. The summed E-state index contributed by atoms with van der Waals surface area (Å²) in [5.41, 5.74) is 3.73. The summed E-state index contributed by atoms with van der Waals surface area (Å²) < 4.78 is 43.5. The fraction of sp³-hybridized carbons (Fsp3) is 0.417. The van der Waals surface area contributed by atoms with E-state index in [1.807, 2.05) is 39.1 Å². The monoisotopic (exact) mass is 454 g/mol. The molecule has 168 valence electrons. The molecule has 0 fully saturated rings. The van der Waals surface area contributed by atoms with E-state index in [0.717, 1.165) is 54.0 Å². The number of rotatable bonds is 3. The molecule has 0 saturated carbocycles. The highest BCUT2D eigenvalue weighted by Gasteiger charge is 2.34. The molecular weight excluding hydrogens is 426 g/mol. The number of fused-ring (bicyclic) bond motifs is 4. The molecule has 0 unspecified atom stereocenters. The van der Waals surface area contributed by atoms with Crippen molar-refractivity contribution in [1.29, 1.82) is 0 Å². The van der Waals surface area contributed by atoms with Gasteiger partial charge in [0.05, 0.1) is 27.5 Å². The van der Waals surface area contributed by atoms with Gasteiger partial charge in [-0.25, -0.2) is 13.0 Å². The molecule has 3 aliphatic heterocycles. The third kappa shape index (κ3) is 3.51. The summed E-state index contributed by atoms with van der Waals surface area (Å²) in [6.45, 7) is 8.16. The molecule has 3 aliphatic rings. The lowest BCUT2D eigenvalue weighted by atomic mass is 9.89. The third-order valence-corrected chi connectivity index (χ3v) is 7.46. The highest BCUT2D eigenvalue weighted by molar-refractivity contribution is 7.86. The Bertz CT molecular complexity index is 1410. The van der Waals surface area contributed by atoms with E-state index in [4.69, 9.17) is 4.74 Å². The Morgan fingerprint density at radius 1 is 1.22 bits per heavy atom. The topological polar surface area (TPSA) is 86.7 Å². The van der Waals surface area contributed by atoms with Gasteiger partial charge in [0.1, 0.15) is 13.1 Å². The Morgan fingerprint density at radius 3 is 2.72 bits per heavy atom. The maximum Gasteiger partial charge on any atom is 0.247 e. The van der Waals surface area contributed by atoms with Crippen LogP contribution in [0.25, 0.3) is 5.57 Å². The van der Waals surface area contributed by atoms with Crippen molar-refractivity contribution in [1.82, 2.24) is 4.58 Å². The van der Waals surface area contributed by atoms with Gasteiger partial charge in [0, 0.05) is 48.5 Å². The highest BCUT2D eigenvalue weighted by atomic mass is 32.2. The number of nitrogens with zero attached hydrogens (tertiary/aromatic N) is 2. The van der Waals surface area contributed by atoms with E-state index in [1.165, 1.54) is 10.9 Å². The molecule has 0 radical (unpaired) electrons. The van der Waals surface area contributed by atoms with Crippen LogP contribution in [0.2, 0.25) is 0 Å². The number of anilines is 1. The van der Waals surface area contributed by atoms with Crippen molar-refractivity contribution in [2.45, 2.75) is 39.2 Å². The van der Waals surface area contributed by atoms with Gasteiger partial charge in [-0.05, 0) is 32.8 Å². The predicted octanol–water partition coefficient (Wildman–Crippen LogP) is 0.438. The van der Waals surface area contributed by atoms with Gasteiger partial charge in [0.2, 0.25) is 27.9 Å². The molecule has 5 rings (SSSR count). The van der Waals surface area contributed by atoms with Crippen LogP contribution in [0.4, 0.5) is 11.4 Å². The fourth-order valence-corrected chi connectivity index (χ4v) is 5.59. The van der Waals surface area contributed by atoms with Crippen molar-refractivity contribution in [3.05, 3.63) is 52.2 Å². The molecule has 0 atom stereocenters. The lowest BCUT2D eigenvalue weighted by molar-refractivity contribution is -0.407. The largest absolute Gasteiger partial charge is 0.748 e. The first kappa shape index (κ1) is 21.2. The first-order chi connectivity index (χ1) is 15.1. The van der Waals surface area contributed by atoms with Gasteiger partial charge in [0.25, 0.3) is 0 Å². The van der Waals surface area contributed by atoms with Crippen LogP contribution >= 0.6 is 0 Å². The van der Waals surface area contributed by atoms with Crippen molar-refractivity contribution in [2.75, 3.05) is 30.8 Å². The smallest absolute Gasteiger partial charge is 0.247 e. The molecule has 0 amide bonds. The van der Waals surface area contributed by atoms with Crippen LogP contribution in [-0.2, 0) is 16.5 Å². The summed E-state index contributed by atoms with van der Waals surface area (Å²) in [6.07, 6.45) is 4.03. The van der Waals surface area contributed by atoms with E-state index in [1.54, 1.807) is 0 Å². The van der Waals surface area contributed by atoms with Crippen molar-refractivity contribution < 1.29 is 22.7 Å². The Hall–Kier alpha value is -2.71. The minimum Gasteiger partial charge on any atom is -0.748 e. The molecule has 8 heteroatoms. The summed E-state index contributed by atoms with van der Waals surface area (Å²) in [7, 11) is -2.45. The second kappa shape index (κ2) is 7.15. The van der Waals surface area contributed by atoms with E-state index in [-0.39, 0.29) is 0 Å². The van der Waals surface area contributed by atoms with Crippen LogP contribution in [-0.4, -0.2) is 44.4 Å². The van der Waals surface area contributed by atoms with Crippen molar-refractivity contribution in [2.24, 2.45) is 0 Å². The molecule has 7 nitrogen and oxygen atoms in total. The zero-order valence-electron chi connectivity index (χ0n) is 18.9. The molecule has 3 heterocycles. The second-order valence-corrected chi connectivity index (χ2v) is 10.7. The van der Waals surface area contributed by atoms with E-state index >= 15 is 0 Å². The third-order valence-electron chi connectivity index (χ3n) is 6.80. The first-order valence-electron chi connectivity index (χ1n) is 11.0. The fourth-order valence-electron chi connectivity index (χ4n) is 4.97. The SMILES string of the molecule is CC[N+]1=c2cc3c(cc2CCC1)=[NH+]c1cc2c(cc1O3)N(C)C(C)(C)C=C2CS(=O)(=O)[O-]. The highest BCUT2D eigenvalue weighted by Crippen LogP contribution is 2.43. The minimum absolute atomic E-state index is 0.442. The Morgan fingerprint density at radius 2 is 2.00 bits per heavy atom. The van der Waals surface area contributed by atoms with E-state index in [2.05, 4.69) is 33.5 Å². The number of benzene rings is 2. The van der Waals surface area contributed by atoms with Gasteiger partial charge in [-0.1, -0.05) is 6.08 Å². The van der Waals surface area contributed by atoms with Crippen LogP contribution in [0.15, 0.2) is 30.3 Å². The summed E-state index contributed by atoms with van der Waals surface area (Å²) in [5, 5.41) is 2.13. The second-order valence-electron chi connectivity index (χ2n) is 9.34. The molecular formula is C24H28N3O4S+. The number of aryl methyl sites for hydroxylation is 1. The Labute approximate surface area is 188 Å². The Balaban J connectivity index is 1.70. The van der Waals surface area contributed by atoms with Crippen LogP contribution in [0.3, 0.4) is 0 Å². The minimum atomic E-state index is -4.42. The van der Waals surface area contributed by atoms with Gasteiger partial charge >= 0.3 is 0 Å². The molecule has 0 aliphatic carbocycles. The number of nitrogens with one attached hydrogen (secondary N) is 1. The number of hydrogen-bond acceptors (Lipinski definition) is 5. The summed E-state index contributed by atoms with van der Waals surface area (Å²) in [6, 6.07) is 8.10. The van der Waals surface area contributed by atoms with E-state index in [0.29, 0.717) is 11.3 Å². The average Bonchev–Trinajstić information content (AvgIpc) is 2.72. The normalized spacial score (nSPS) is 18.5. The maximum absolute atomic E-state index is 11.6. The van der Waals surface area contributed by atoms with E-state index < -0.39 is 21.4 Å². The zero-order valence-corrected chi connectivity index (χ0v) is 19.7. The molecule has 0 saturated heterocycles. The number of likely N-dealkylation sites (N-methyl/N-ethyl adjacent to an activating group) is 1. The van der Waals surface area contributed by atoms with Crippen molar-refractivity contribution >= 4 is 27.1 Å². The molecule has 0 bridgehead atoms. The maximum atomic E-state index is 11.6. The van der Waals surface area contributed by atoms with E-state index in [9.17, 15) is 13.0 Å². The molecule has 0 aromatic heterocycles. The summed E-state index contributed by atoms with van der Waals surface area (Å²) in [4.78, 5) is 5.55. The molecule has 2 aromatic carbocycles. The van der Waals surface area contributed by atoms with Crippen molar-refractivity contribution in [3.8, 4) is 11.5 Å². The van der Waals surface area contributed by atoms with Gasteiger partial charge in [-0.3, -0.25) is 0 Å². The van der Waals surface area contributed by atoms with Gasteiger partial charge in [0.15, 0.2) is 0 Å². The van der Waals surface area contributed by atoms with Crippen LogP contribution < -0.4 is 29.9 Å². The van der Waals surface area contributed by atoms with Crippen LogP contribution in [0, 0.1) is 0 Å². The van der Waals surface area contributed by atoms with Gasteiger partial charge in [-0.15, -0.1) is 0 Å². The number of ether oxygens (including phenoxy) is 1. The van der Waals surface area contributed by atoms with Gasteiger partial charge < -0.3 is 14.2 Å². The molecule has 2 aromatic rings. The van der Waals surface area contributed by atoms with Crippen LogP contribution in [0.5, 0.6) is 11.5 Å². The lowest BCUT2D eigenvalue weighted by Gasteiger charge is -2.41. The average molecular weight is 455 g/mol. The van der Waals surface area contributed by atoms with Crippen molar-refractivity contribution in [3.63, 3.8) is 0 Å². The molecule has 32 heavy (non-hydrogen) atoms. The quantitative estimate of drug-likeness (QED) is 0.459. The zero-order chi connectivity index (χ0) is 22.8. The summed E-state index contributed by atoms with van der Waals surface area (Å²) >= 11 is 0. The summed E-state index contributed by atoms with van der Waals surface area (Å²) in [5.74, 6) is 0.935. The molecule has 1 N–H and O–H groups in total. The molecule has 0 spiro atoms. The standard InChI is InChI=1S/C24H27N3O4S/c1-5-27-8-6-7-15-9-18-22(11-20(15)27)31-23-12-21-17(10-19(23)25-18)16(14-32(28,29)30)13-24(2,3)26(21)4/h9-13H,5-8,14H2,1-4H3/p+1. The van der Waals surface area contributed by atoms with Crippen LogP contribution in [0.1, 0.15) is 38.3 Å². The lowest BCUT2D eigenvalue weighted by Crippen LogP contribution is -2.72.